The summed E-state index contributed by atoms with van der Waals surface area (Å²) >= 11 is 0. The van der Waals surface area contributed by atoms with E-state index in [9.17, 15) is 18.0 Å². The van der Waals surface area contributed by atoms with Crippen LogP contribution in [0.15, 0.2) is 29.2 Å². The van der Waals surface area contributed by atoms with Gasteiger partial charge in [-0.2, -0.15) is 0 Å². The van der Waals surface area contributed by atoms with E-state index in [0.29, 0.717) is 25.2 Å². The Morgan fingerprint density at radius 2 is 2.08 bits per heavy atom. The normalized spacial score (nSPS) is 18.2. The minimum absolute atomic E-state index is 0.0917. The molecule has 0 bridgehead atoms. The van der Waals surface area contributed by atoms with Gasteiger partial charge in [0.1, 0.15) is 0 Å². The Bertz CT molecular complexity index is 715. The first-order valence-electron chi connectivity index (χ1n) is 8.20. The number of carbonyl (C=O) groups excluding carboxylic acids is 2. The lowest BCUT2D eigenvalue weighted by molar-refractivity contribution is -0.134. The van der Waals surface area contributed by atoms with Crippen LogP contribution in [0.4, 0.5) is 5.69 Å². The second kappa shape index (κ2) is 7.79. The zero-order chi connectivity index (χ0) is 17.7. The summed E-state index contributed by atoms with van der Waals surface area (Å²) in [5.41, 5.74) is 0.458. The smallest absolute Gasteiger partial charge is 0.229 e. The first-order valence-corrected chi connectivity index (χ1v) is 10.1. The third kappa shape index (κ3) is 4.80. The Labute approximate surface area is 143 Å². The molecule has 0 radical (unpaired) electrons. The van der Waals surface area contributed by atoms with Crippen molar-refractivity contribution in [1.29, 1.82) is 0 Å². The molecule has 1 heterocycles. The summed E-state index contributed by atoms with van der Waals surface area (Å²) in [7, 11) is -3.32. The molecule has 2 amide bonds. The van der Waals surface area contributed by atoms with Crippen LogP contribution < -0.4 is 5.32 Å². The molecule has 1 fully saturated rings. The molecular weight excluding hydrogens is 328 g/mol. The van der Waals surface area contributed by atoms with Crippen molar-refractivity contribution in [1.82, 2.24) is 4.90 Å². The Morgan fingerprint density at radius 3 is 2.75 bits per heavy atom. The largest absolute Gasteiger partial charge is 0.342 e. The average molecular weight is 352 g/mol. The SMILES string of the molecule is CCCC(=O)N1CCCC(C(=O)Nc2cccc(S(C)(=O)=O)c2)C1. The van der Waals surface area contributed by atoms with E-state index in [2.05, 4.69) is 5.32 Å². The zero-order valence-electron chi connectivity index (χ0n) is 14.1. The fourth-order valence-electron chi connectivity index (χ4n) is 2.84. The van der Waals surface area contributed by atoms with Crippen molar-refractivity contribution in [2.45, 2.75) is 37.5 Å². The number of piperidine rings is 1. The maximum Gasteiger partial charge on any atom is 0.229 e. The van der Waals surface area contributed by atoms with Crippen LogP contribution in [0.5, 0.6) is 0 Å². The van der Waals surface area contributed by atoms with Crippen LogP contribution in [0.2, 0.25) is 0 Å². The minimum atomic E-state index is -3.32. The van der Waals surface area contributed by atoms with Crippen LogP contribution in [0, 0.1) is 5.92 Å². The zero-order valence-corrected chi connectivity index (χ0v) is 14.9. The van der Waals surface area contributed by atoms with Crippen LogP contribution in [-0.2, 0) is 19.4 Å². The highest BCUT2D eigenvalue weighted by molar-refractivity contribution is 7.90. The molecule has 0 aliphatic carbocycles. The van der Waals surface area contributed by atoms with Crippen molar-refractivity contribution in [2.24, 2.45) is 5.92 Å². The molecule has 7 heteroatoms. The molecule has 0 aromatic heterocycles. The Kier molecular flexibility index (Phi) is 5.99. The van der Waals surface area contributed by atoms with Crippen molar-refractivity contribution < 1.29 is 18.0 Å². The number of anilines is 1. The number of benzene rings is 1. The first kappa shape index (κ1) is 18.4. The van der Waals surface area contributed by atoms with Crippen LogP contribution >= 0.6 is 0 Å². The molecule has 6 nitrogen and oxygen atoms in total. The summed E-state index contributed by atoms with van der Waals surface area (Å²) in [6.07, 6.45) is 3.96. The van der Waals surface area contributed by atoms with Crippen LogP contribution in [-0.4, -0.2) is 44.5 Å². The van der Waals surface area contributed by atoms with Gasteiger partial charge in [0.05, 0.1) is 10.8 Å². The summed E-state index contributed by atoms with van der Waals surface area (Å²) in [5, 5.41) is 2.77. The lowest BCUT2D eigenvalue weighted by Gasteiger charge is -2.32. The van der Waals surface area contributed by atoms with Crippen LogP contribution in [0.25, 0.3) is 0 Å². The fourth-order valence-corrected chi connectivity index (χ4v) is 3.51. The number of rotatable bonds is 5. The molecule has 1 aromatic carbocycles. The molecule has 1 aliphatic heterocycles. The third-order valence-corrected chi connectivity index (χ3v) is 5.25. The number of hydrogen-bond donors (Lipinski definition) is 1. The topological polar surface area (TPSA) is 83.6 Å². The number of likely N-dealkylation sites (tertiary alicyclic amines) is 1. The maximum absolute atomic E-state index is 12.5. The van der Waals surface area contributed by atoms with E-state index in [4.69, 9.17) is 0 Å². The first-order chi connectivity index (χ1) is 11.3. The molecule has 1 aliphatic rings. The van der Waals surface area contributed by atoms with Crippen molar-refractivity contribution in [3.8, 4) is 0 Å². The van der Waals surface area contributed by atoms with Crippen molar-refractivity contribution in [2.75, 3.05) is 24.7 Å². The van der Waals surface area contributed by atoms with Gasteiger partial charge >= 0.3 is 0 Å². The van der Waals surface area contributed by atoms with Gasteiger partial charge < -0.3 is 10.2 Å². The number of nitrogens with one attached hydrogen (secondary N) is 1. The van der Waals surface area contributed by atoms with E-state index in [1.165, 1.54) is 12.1 Å². The summed E-state index contributed by atoms with van der Waals surface area (Å²) in [4.78, 5) is 26.4. The molecule has 132 valence electrons. The molecule has 2 rings (SSSR count). The van der Waals surface area contributed by atoms with Gasteiger partial charge in [-0.15, -0.1) is 0 Å². The number of amides is 2. The van der Waals surface area contributed by atoms with Gasteiger partial charge in [0.15, 0.2) is 9.84 Å². The lowest BCUT2D eigenvalue weighted by Crippen LogP contribution is -2.43. The van der Waals surface area contributed by atoms with E-state index in [0.717, 1.165) is 25.5 Å². The van der Waals surface area contributed by atoms with Gasteiger partial charge in [-0.1, -0.05) is 13.0 Å². The van der Waals surface area contributed by atoms with Crippen LogP contribution in [0.3, 0.4) is 0 Å². The van der Waals surface area contributed by atoms with Gasteiger partial charge in [-0.3, -0.25) is 9.59 Å². The molecular formula is C17H24N2O4S. The Morgan fingerprint density at radius 1 is 1.33 bits per heavy atom. The van der Waals surface area contributed by atoms with E-state index in [1.54, 1.807) is 17.0 Å². The molecule has 1 atom stereocenters. The number of carbonyl (C=O) groups is 2. The Balaban J connectivity index is 2.03. The highest BCUT2D eigenvalue weighted by Gasteiger charge is 2.28. The van der Waals surface area contributed by atoms with E-state index < -0.39 is 9.84 Å². The molecule has 0 spiro atoms. The van der Waals surface area contributed by atoms with E-state index in [1.807, 2.05) is 6.92 Å². The highest BCUT2D eigenvalue weighted by Crippen LogP contribution is 2.21. The third-order valence-electron chi connectivity index (χ3n) is 4.14. The van der Waals surface area contributed by atoms with Gasteiger partial charge in [0, 0.05) is 31.5 Å². The Hall–Kier alpha value is -1.89. The molecule has 1 saturated heterocycles. The summed E-state index contributed by atoms with van der Waals surface area (Å²) in [6, 6.07) is 6.21. The summed E-state index contributed by atoms with van der Waals surface area (Å²) < 4.78 is 23.2. The molecule has 0 saturated carbocycles. The molecule has 24 heavy (non-hydrogen) atoms. The number of hydrogen-bond acceptors (Lipinski definition) is 4. The van der Waals surface area contributed by atoms with Gasteiger partial charge in [0.25, 0.3) is 0 Å². The van der Waals surface area contributed by atoms with Crippen LogP contribution in [0.1, 0.15) is 32.6 Å². The molecule has 1 aromatic rings. The van der Waals surface area contributed by atoms with E-state index >= 15 is 0 Å². The molecule has 1 N–H and O–H groups in total. The number of sulfone groups is 1. The van der Waals surface area contributed by atoms with Gasteiger partial charge in [-0.25, -0.2) is 8.42 Å². The second-order valence-corrected chi connectivity index (χ2v) is 8.23. The van der Waals surface area contributed by atoms with Gasteiger partial charge in [0.2, 0.25) is 11.8 Å². The maximum atomic E-state index is 12.5. The number of nitrogens with zero attached hydrogens (tertiary/aromatic N) is 1. The fraction of sp³-hybridized carbons (Fsp3) is 0.529. The predicted molar refractivity (Wildman–Crippen MR) is 92.4 cm³/mol. The minimum Gasteiger partial charge on any atom is -0.342 e. The highest BCUT2D eigenvalue weighted by atomic mass is 32.2. The van der Waals surface area contributed by atoms with E-state index in [-0.39, 0.29) is 22.6 Å². The standard InChI is InChI=1S/C17H24N2O4S/c1-3-6-16(20)19-10-5-7-13(12-19)17(21)18-14-8-4-9-15(11-14)24(2,22)23/h4,8-9,11,13H,3,5-7,10,12H2,1-2H3,(H,18,21). The van der Waals surface area contributed by atoms with Crippen molar-refractivity contribution in [3.05, 3.63) is 24.3 Å². The quantitative estimate of drug-likeness (QED) is 0.879. The lowest BCUT2D eigenvalue weighted by atomic mass is 9.96. The van der Waals surface area contributed by atoms with Crippen molar-refractivity contribution >= 4 is 27.3 Å². The molecule has 1 unspecified atom stereocenters. The predicted octanol–water partition coefficient (Wildman–Crippen LogP) is 2.07. The van der Waals surface area contributed by atoms with Gasteiger partial charge in [-0.05, 0) is 37.5 Å². The second-order valence-electron chi connectivity index (χ2n) is 6.22. The van der Waals surface area contributed by atoms with Crippen molar-refractivity contribution in [3.63, 3.8) is 0 Å². The summed E-state index contributed by atoms with van der Waals surface area (Å²) in [6.45, 7) is 3.09. The summed E-state index contributed by atoms with van der Waals surface area (Å²) in [5.74, 6) is -0.342. The average Bonchev–Trinajstić information content (AvgIpc) is 2.54. The monoisotopic (exact) mass is 352 g/mol.